The molecule has 0 aromatic heterocycles. The molecule has 0 unspecified atom stereocenters. The molecule has 1 fully saturated rings. The van der Waals surface area contributed by atoms with Crippen LogP contribution in [0.5, 0.6) is 0 Å². The van der Waals surface area contributed by atoms with Gasteiger partial charge in [0.25, 0.3) is 0 Å². The molecular formula is C15H20N2O4. The molecule has 1 aliphatic rings. The number of hydrogen-bond acceptors (Lipinski definition) is 3. The zero-order valence-electron chi connectivity index (χ0n) is 11.8. The number of rotatable bonds is 4. The van der Waals surface area contributed by atoms with Crippen LogP contribution in [0.3, 0.4) is 0 Å². The van der Waals surface area contributed by atoms with Crippen molar-refractivity contribution in [3.63, 3.8) is 0 Å². The Balaban J connectivity index is 2.10. The highest BCUT2D eigenvalue weighted by molar-refractivity contribution is 5.96. The van der Waals surface area contributed by atoms with E-state index in [1.165, 1.54) is 4.90 Å². The molecule has 1 aromatic carbocycles. The summed E-state index contributed by atoms with van der Waals surface area (Å²) in [5, 5.41) is 18.2. The summed E-state index contributed by atoms with van der Waals surface area (Å²) >= 11 is 0. The number of carbonyl (C=O) groups is 2. The van der Waals surface area contributed by atoms with Gasteiger partial charge in [-0.15, -0.1) is 0 Å². The third kappa shape index (κ3) is 3.95. The van der Waals surface area contributed by atoms with Crippen LogP contribution in [0.25, 0.3) is 0 Å². The normalized spacial score (nSPS) is 15.8. The molecule has 6 nitrogen and oxygen atoms in total. The second kappa shape index (κ2) is 7.08. The molecule has 1 aromatic rings. The lowest BCUT2D eigenvalue weighted by Crippen LogP contribution is -2.48. The van der Waals surface area contributed by atoms with Crippen LogP contribution in [0.4, 0.5) is 10.5 Å². The molecule has 21 heavy (non-hydrogen) atoms. The summed E-state index contributed by atoms with van der Waals surface area (Å²) in [5.41, 5.74) is 0.578. The SMILES string of the molecule is O=C(O)CN(C(=O)N1CCC(CO)CC1)c1ccccc1. The number of hydrogen-bond donors (Lipinski definition) is 2. The Labute approximate surface area is 123 Å². The van der Waals surface area contributed by atoms with Gasteiger partial charge in [-0.3, -0.25) is 9.69 Å². The first kappa shape index (κ1) is 15.3. The number of nitrogens with zero attached hydrogens (tertiary/aromatic N) is 2. The summed E-state index contributed by atoms with van der Waals surface area (Å²) in [6.07, 6.45) is 1.50. The van der Waals surface area contributed by atoms with Gasteiger partial charge in [0.2, 0.25) is 0 Å². The van der Waals surface area contributed by atoms with E-state index in [9.17, 15) is 9.59 Å². The molecule has 0 spiro atoms. The Bertz CT molecular complexity index is 484. The Hall–Kier alpha value is -2.08. The van der Waals surface area contributed by atoms with Crippen LogP contribution in [0.2, 0.25) is 0 Å². The van der Waals surface area contributed by atoms with E-state index in [-0.39, 0.29) is 25.1 Å². The Morgan fingerprint density at radius 2 is 1.81 bits per heavy atom. The van der Waals surface area contributed by atoms with Gasteiger partial charge in [0.1, 0.15) is 6.54 Å². The molecule has 1 aliphatic heterocycles. The van der Waals surface area contributed by atoms with Crippen molar-refractivity contribution in [1.82, 2.24) is 4.90 Å². The lowest BCUT2D eigenvalue weighted by Gasteiger charge is -2.34. The van der Waals surface area contributed by atoms with E-state index in [2.05, 4.69) is 0 Å². The minimum absolute atomic E-state index is 0.138. The quantitative estimate of drug-likeness (QED) is 0.879. The summed E-state index contributed by atoms with van der Waals surface area (Å²) in [4.78, 5) is 26.5. The minimum atomic E-state index is -1.04. The first-order chi connectivity index (χ1) is 10.1. The van der Waals surface area contributed by atoms with Crippen LogP contribution >= 0.6 is 0 Å². The number of carboxylic acids is 1. The molecule has 0 aliphatic carbocycles. The van der Waals surface area contributed by atoms with E-state index >= 15 is 0 Å². The van der Waals surface area contributed by atoms with Crippen molar-refractivity contribution in [2.75, 3.05) is 31.1 Å². The van der Waals surface area contributed by atoms with Crippen LogP contribution in [0, 0.1) is 5.92 Å². The van der Waals surface area contributed by atoms with E-state index in [1.807, 2.05) is 6.07 Å². The van der Waals surface area contributed by atoms with E-state index in [0.29, 0.717) is 18.8 Å². The van der Waals surface area contributed by atoms with Crippen LogP contribution < -0.4 is 4.90 Å². The maximum atomic E-state index is 12.6. The number of para-hydroxylation sites is 1. The molecule has 2 N–H and O–H groups in total. The van der Waals surface area contributed by atoms with Crippen molar-refractivity contribution >= 4 is 17.7 Å². The molecule has 1 saturated heterocycles. The summed E-state index contributed by atoms with van der Waals surface area (Å²) in [6, 6.07) is 8.52. The lowest BCUT2D eigenvalue weighted by molar-refractivity contribution is -0.135. The molecule has 0 saturated carbocycles. The fourth-order valence-corrected chi connectivity index (χ4v) is 2.49. The fourth-order valence-electron chi connectivity index (χ4n) is 2.49. The summed E-state index contributed by atoms with van der Waals surface area (Å²) in [5.74, 6) is -0.809. The Morgan fingerprint density at radius 1 is 1.19 bits per heavy atom. The predicted molar refractivity (Wildman–Crippen MR) is 78.2 cm³/mol. The number of amides is 2. The number of urea groups is 1. The Morgan fingerprint density at radius 3 is 2.33 bits per heavy atom. The van der Waals surface area contributed by atoms with Crippen LogP contribution in [-0.4, -0.2) is 53.4 Å². The number of benzene rings is 1. The van der Waals surface area contributed by atoms with Gasteiger partial charge in [-0.1, -0.05) is 18.2 Å². The van der Waals surface area contributed by atoms with Crippen molar-refractivity contribution in [3.05, 3.63) is 30.3 Å². The summed E-state index contributed by atoms with van der Waals surface area (Å²) in [7, 11) is 0. The highest BCUT2D eigenvalue weighted by atomic mass is 16.4. The van der Waals surface area contributed by atoms with Gasteiger partial charge in [0.15, 0.2) is 0 Å². The second-order valence-electron chi connectivity index (χ2n) is 5.21. The monoisotopic (exact) mass is 292 g/mol. The van der Waals surface area contributed by atoms with Gasteiger partial charge in [0, 0.05) is 25.4 Å². The number of anilines is 1. The highest BCUT2D eigenvalue weighted by Crippen LogP contribution is 2.20. The number of aliphatic carboxylic acids is 1. The molecule has 2 amide bonds. The van der Waals surface area contributed by atoms with Crippen molar-refractivity contribution in [2.24, 2.45) is 5.92 Å². The van der Waals surface area contributed by atoms with Crippen LogP contribution in [0.1, 0.15) is 12.8 Å². The molecule has 114 valence electrons. The van der Waals surface area contributed by atoms with Gasteiger partial charge < -0.3 is 15.1 Å². The average Bonchev–Trinajstić information content (AvgIpc) is 2.53. The topological polar surface area (TPSA) is 81.1 Å². The fraction of sp³-hybridized carbons (Fsp3) is 0.467. The smallest absolute Gasteiger partial charge is 0.325 e. The van der Waals surface area contributed by atoms with Crippen molar-refractivity contribution in [3.8, 4) is 0 Å². The Kier molecular flexibility index (Phi) is 5.16. The maximum Gasteiger partial charge on any atom is 0.325 e. The second-order valence-corrected chi connectivity index (χ2v) is 5.21. The highest BCUT2D eigenvalue weighted by Gasteiger charge is 2.27. The van der Waals surface area contributed by atoms with Gasteiger partial charge in [-0.2, -0.15) is 0 Å². The summed E-state index contributed by atoms with van der Waals surface area (Å²) < 4.78 is 0. The van der Waals surface area contributed by atoms with Crippen molar-refractivity contribution in [1.29, 1.82) is 0 Å². The number of likely N-dealkylation sites (tertiary alicyclic amines) is 1. The molecule has 2 rings (SSSR count). The maximum absolute atomic E-state index is 12.6. The standard InChI is InChI=1S/C15H20N2O4/c18-11-12-6-8-16(9-7-12)15(21)17(10-14(19)20)13-4-2-1-3-5-13/h1-5,12,18H,6-11H2,(H,19,20). The van der Waals surface area contributed by atoms with Crippen molar-refractivity contribution < 1.29 is 19.8 Å². The zero-order valence-corrected chi connectivity index (χ0v) is 11.8. The third-order valence-electron chi connectivity index (χ3n) is 3.74. The summed E-state index contributed by atoms with van der Waals surface area (Å²) in [6.45, 7) is 0.877. The molecule has 1 heterocycles. The van der Waals surface area contributed by atoms with Crippen LogP contribution in [-0.2, 0) is 4.79 Å². The number of piperidine rings is 1. The van der Waals surface area contributed by atoms with E-state index < -0.39 is 5.97 Å². The molecule has 0 bridgehead atoms. The molecule has 0 atom stereocenters. The van der Waals surface area contributed by atoms with Gasteiger partial charge in [-0.05, 0) is 30.9 Å². The van der Waals surface area contributed by atoms with Crippen molar-refractivity contribution in [2.45, 2.75) is 12.8 Å². The van der Waals surface area contributed by atoms with Gasteiger partial charge in [-0.25, -0.2) is 4.79 Å². The predicted octanol–water partition coefficient (Wildman–Crippen LogP) is 1.40. The first-order valence-electron chi connectivity index (χ1n) is 7.06. The largest absolute Gasteiger partial charge is 0.480 e. The third-order valence-corrected chi connectivity index (χ3v) is 3.74. The number of carboxylic acid groups (broad SMARTS) is 1. The number of aliphatic hydroxyl groups is 1. The minimum Gasteiger partial charge on any atom is -0.480 e. The van der Waals surface area contributed by atoms with E-state index in [1.54, 1.807) is 29.2 Å². The van der Waals surface area contributed by atoms with Gasteiger partial charge in [0.05, 0.1) is 0 Å². The zero-order chi connectivity index (χ0) is 15.2. The molecule has 0 radical (unpaired) electrons. The first-order valence-corrected chi connectivity index (χ1v) is 7.06. The molecule has 6 heteroatoms. The average molecular weight is 292 g/mol. The van der Waals surface area contributed by atoms with Gasteiger partial charge >= 0.3 is 12.0 Å². The number of aliphatic hydroxyl groups excluding tert-OH is 1. The molecular weight excluding hydrogens is 272 g/mol. The number of carbonyl (C=O) groups excluding carboxylic acids is 1. The lowest BCUT2D eigenvalue weighted by atomic mass is 9.98. The van der Waals surface area contributed by atoms with E-state index in [0.717, 1.165) is 12.8 Å². The van der Waals surface area contributed by atoms with E-state index in [4.69, 9.17) is 10.2 Å². The van der Waals surface area contributed by atoms with Crippen LogP contribution in [0.15, 0.2) is 30.3 Å².